The number of hydrogen-bond donors (Lipinski definition) is 3. The zero-order valence-electron chi connectivity index (χ0n) is 16.7. The van der Waals surface area contributed by atoms with Gasteiger partial charge in [0.1, 0.15) is 5.82 Å². The molecule has 2 amide bonds. The fraction of sp³-hybridized carbons (Fsp3) is 0.364. The molecule has 0 heterocycles. The minimum atomic E-state index is -4.48. The minimum Gasteiger partial charge on any atom is -0.376 e. The van der Waals surface area contributed by atoms with Crippen LogP contribution in [0.5, 0.6) is 0 Å². The highest BCUT2D eigenvalue weighted by atomic mass is 19.4. The van der Waals surface area contributed by atoms with Crippen LogP contribution >= 0.6 is 0 Å². The molecule has 0 saturated heterocycles. The highest BCUT2D eigenvalue weighted by Crippen LogP contribution is 2.30. The molecule has 0 radical (unpaired) electrons. The zero-order chi connectivity index (χ0) is 22.4. The topological polar surface area (TPSA) is 70.2 Å². The van der Waals surface area contributed by atoms with Crippen LogP contribution in [0.25, 0.3) is 0 Å². The number of carbonyl (C=O) groups excluding carboxylic acids is 2. The monoisotopic (exact) mass is 437 g/mol. The molecule has 31 heavy (non-hydrogen) atoms. The quantitative estimate of drug-likeness (QED) is 0.529. The number of carbonyl (C=O) groups is 2. The van der Waals surface area contributed by atoms with Gasteiger partial charge in [0, 0.05) is 17.3 Å². The van der Waals surface area contributed by atoms with E-state index in [2.05, 4.69) is 16.0 Å². The second kappa shape index (κ2) is 9.80. The molecule has 0 aromatic heterocycles. The van der Waals surface area contributed by atoms with Crippen LogP contribution in [0.4, 0.5) is 34.6 Å². The number of anilines is 3. The summed E-state index contributed by atoms with van der Waals surface area (Å²) in [6.07, 6.45) is 0.0853. The highest BCUT2D eigenvalue weighted by molar-refractivity contribution is 5.96. The molecule has 0 atom stereocenters. The number of amides is 2. The number of nitrogens with one attached hydrogen (secondary N) is 3. The summed E-state index contributed by atoms with van der Waals surface area (Å²) in [6, 6.07) is 8.29. The van der Waals surface area contributed by atoms with Crippen LogP contribution in [0.1, 0.15) is 37.7 Å². The second-order valence-electron chi connectivity index (χ2n) is 7.50. The maximum Gasteiger partial charge on any atom is 0.416 e. The van der Waals surface area contributed by atoms with E-state index in [9.17, 15) is 27.2 Å². The van der Waals surface area contributed by atoms with Gasteiger partial charge in [-0.15, -0.1) is 0 Å². The minimum absolute atomic E-state index is 0.0285. The van der Waals surface area contributed by atoms with E-state index in [4.69, 9.17) is 0 Å². The summed E-state index contributed by atoms with van der Waals surface area (Å²) in [7, 11) is 0. The normalized spacial score (nSPS) is 14.7. The van der Waals surface area contributed by atoms with E-state index in [0.29, 0.717) is 0 Å². The fourth-order valence-electron chi connectivity index (χ4n) is 3.49. The maximum absolute atomic E-state index is 14.1. The van der Waals surface area contributed by atoms with Crippen molar-refractivity contribution in [2.75, 3.05) is 22.5 Å². The van der Waals surface area contributed by atoms with Crippen molar-refractivity contribution in [2.24, 2.45) is 5.92 Å². The van der Waals surface area contributed by atoms with Crippen molar-refractivity contribution in [2.45, 2.75) is 38.3 Å². The van der Waals surface area contributed by atoms with Crippen LogP contribution in [0, 0.1) is 11.7 Å². The van der Waals surface area contributed by atoms with E-state index in [1.807, 2.05) is 0 Å². The lowest BCUT2D eigenvalue weighted by Gasteiger charge is -2.21. The number of halogens is 4. The second-order valence-corrected chi connectivity index (χ2v) is 7.50. The molecule has 1 saturated carbocycles. The summed E-state index contributed by atoms with van der Waals surface area (Å²) < 4.78 is 52.4. The third-order valence-electron chi connectivity index (χ3n) is 5.13. The average molecular weight is 437 g/mol. The lowest BCUT2D eigenvalue weighted by Crippen LogP contribution is -2.25. The summed E-state index contributed by atoms with van der Waals surface area (Å²) in [6.45, 7) is -0.289. The Morgan fingerprint density at radius 1 is 0.935 bits per heavy atom. The van der Waals surface area contributed by atoms with Crippen molar-refractivity contribution in [3.8, 4) is 0 Å². The van der Waals surface area contributed by atoms with E-state index < -0.39 is 23.5 Å². The van der Waals surface area contributed by atoms with Gasteiger partial charge < -0.3 is 16.0 Å². The van der Waals surface area contributed by atoms with E-state index in [0.717, 1.165) is 50.3 Å². The number of rotatable bonds is 6. The van der Waals surface area contributed by atoms with Crippen LogP contribution in [0.3, 0.4) is 0 Å². The molecule has 3 N–H and O–H groups in total. The van der Waals surface area contributed by atoms with Crippen molar-refractivity contribution in [1.29, 1.82) is 0 Å². The van der Waals surface area contributed by atoms with Gasteiger partial charge in [-0.05, 0) is 49.2 Å². The van der Waals surface area contributed by atoms with Crippen molar-refractivity contribution >= 4 is 28.9 Å². The molecular formula is C22H23F4N3O2. The molecule has 1 aliphatic carbocycles. The average Bonchev–Trinajstić information content (AvgIpc) is 2.75. The van der Waals surface area contributed by atoms with E-state index in [1.54, 1.807) is 0 Å². The predicted molar refractivity (Wildman–Crippen MR) is 110 cm³/mol. The SMILES string of the molecule is O=C(CNc1cccc(C(F)(F)F)c1)Nc1ccc(F)c(NC(=O)C2CCCCC2)c1. The van der Waals surface area contributed by atoms with Gasteiger partial charge in [-0.3, -0.25) is 9.59 Å². The van der Waals surface area contributed by atoms with Gasteiger partial charge in [0.15, 0.2) is 0 Å². The molecule has 2 aromatic rings. The molecule has 2 aromatic carbocycles. The molecule has 3 rings (SSSR count). The molecule has 0 spiro atoms. The summed E-state index contributed by atoms with van der Waals surface area (Å²) in [4.78, 5) is 24.5. The maximum atomic E-state index is 14.1. The zero-order valence-corrected chi connectivity index (χ0v) is 16.7. The largest absolute Gasteiger partial charge is 0.416 e. The standard InChI is InChI=1S/C22H23F4N3O2/c23-18-10-9-17(12-19(18)29-21(31)14-5-2-1-3-6-14)28-20(30)13-27-16-8-4-7-15(11-16)22(24,25)26/h4,7-12,14,27H,1-3,5-6,13H2,(H,28,30)(H,29,31). The summed E-state index contributed by atoms with van der Waals surface area (Å²) >= 11 is 0. The Hall–Kier alpha value is -3.10. The molecule has 166 valence electrons. The van der Waals surface area contributed by atoms with E-state index >= 15 is 0 Å². The number of benzene rings is 2. The first kappa shape index (κ1) is 22.6. The molecule has 1 aliphatic rings. The Morgan fingerprint density at radius 2 is 1.68 bits per heavy atom. The van der Waals surface area contributed by atoms with Crippen LogP contribution in [-0.2, 0) is 15.8 Å². The number of hydrogen-bond acceptors (Lipinski definition) is 3. The lowest BCUT2D eigenvalue weighted by molar-refractivity contribution is -0.137. The van der Waals surface area contributed by atoms with Crippen LogP contribution in [0.2, 0.25) is 0 Å². The van der Waals surface area contributed by atoms with Crippen molar-refractivity contribution in [1.82, 2.24) is 0 Å². The Labute approximate surface area is 177 Å². The summed E-state index contributed by atoms with van der Waals surface area (Å²) in [5, 5.41) is 7.74. The fourth-order valence-corrected chi connectivity index (χ4v) is 3.49. The molecule has 1 fully saturated rings. The van der Waals surface area contributed by atoms with Gasteiger partial charge in [0.2, 0.25) is 11.8 Å². The van der Waals surface area contributed by atoms with Gasteiger partial charge in [0.05, 0.1) is 17.8 Å². The van der Waals surface area contributed by atoms with Crippen LogP contribution in [-0.4, -0.2) is 18.4 Å². The first-order valence-corrected chi connectivity index (χ1v) is 10.0. The van der Waals surface area contributed by atoms with Crippen LogP contribution < -0.4 is 16.0 Å². The molecule has 0 unspecified atom stereocenters. The molecule has 0 bridgehead atoms. The Balaban J connectivity index is 1.58. The lowest BCUT2D eigenvalue weighted by atomic mass is 9.88. The van der Waals surface area contributed by atoms with Gasteiger partial charge >= 0.3 is 6.18 Å². The Bertz CT molecular complexity index is 941. The summed E-state index contributed by atoms with van der Waals surface area (Å²) in [5.41, 5.74) is -0.449. The first-order chi connectivity index (χ1) is 14.7. The van der Waals surface area contributed by atoms with Gasteiger partial charge in [0.25, 0.3) is 0 Å². The van der Waals surface area contributed by atoms with Gasteiger partial charge in [-0.2, -0.15) is 13.2 Å². The Kier molecular flexibility index (Phi) is 7.14. The van der Waals surface area contributed by atoms with E-state index in [1.165, 1.54) is 24.3 Å². The van der Waals surface area contributed by atoms with Crippen molar-refractivity contribution < 1.29 is 27.2 Å². The van der Waals surface area contributed by atoms with Crippen molar-refractivity contribution in [3.05, 3.63) is 53.8 Å². The predicted octanol–water partition coefficient (Wildman–Crippen LogP) is 5.41. The van der Waals surface area contributed by atoms with E-state index in [-0.39, 0.29) is 35.4 Å². The smallest absolute Gasteiger partial charge is 0.376 e. The molecular weight excluding hydrogens is 414 g/mol. The molecule has 9 heteroatoms. The summed E-state index contributed by atoms with van der Waals surface area (Å²) in [5.74, 6) is -1.55. The molecule has 5 nitrogen and oxygen atoms in total. The van der Waals surface area contributed by atoms with Crippen LogP contribution in [0.15, 0.2) is 42.5 Å². The third-order valence-corrected chi connectivity index (χ3v) is 5.13. The molecule has 0 aliphatic heterocycles. The van der Waals surface area contributed by atoms with Gasteiger partial charge in [-0.1, -0.05) is 25.3 Å². The Morgan fingerprint density at radius 3 is 2.39 bits per heavy atom. The van der Waals surface area contributed by atoms with Crippen molar-refractivity contribution in [3.63, 3.8) is 0 Å². The number of alkyl halides is 3. The third kappa shape index (κ3) is 6.44. The first-order valence-electron chi connectivity index (χ1n) is 10.0. The highest BCUT2D eigenvalue weighted by Gasteiger charge is 2.30. The van der Waals surface area contributed by atoms with Gasteiger partial charge in [-0.25, -0.2) is 4.39 Å².